The predicted molar refractivity (Wildman–Crippen MR) is 134 cm³/mol. The number of alkyl halides is 3. The van der Waals surface area contributed by atoms with Crippen LogP contribution in [0.2, 0.25) is 5.02 Å². The summed E-state index contributed by atoms with van der Waals surface area (Å²) in [6.07, 6.45) is -4.93. The van der Waals surface area contributed by atoms with Crippen molar-refractivity contribution in [1.29, 1.82) is 0 Å². The van der Waals surface area contributed by atoms with Crippen LogP contribution < -0.4 is 5.69 Å². The number of amides is 1. The van der Waals surface area contributed by atoms with Gasteiger partial charge in [0.1, 0.15) is 12.9 Å². The molecule has 0 saturated carbocycles. The van der Waals surface area contributed by atoms with E-state index < -0.39 is 24.5 Å². The molecule has 16 heteroatoms. The Balaban J connectivity index is 1.45. The van der Waals surface area contributed by atoms with Crippen molar-refractivity contribution in [3.05, 3.63) is 75.9 Å². The molecule has 40 heavy (non-hydrogen) atoms. The summed E-state index contributed by atoms with van der Waals surface area (Å²) in [5, 5.41) is 18.6. The highest BCUT2D eigenvalue weighted by atomic mass is 35.5. The van der Waals surface area contributed by atoms with Gasteiger partial charge in [0.25, 0.3) is 5.91 Å². The zero-order valence-corrected chi connectivity index (χ0v) is 21.5. The van der Waals surface area contributed by atoms with Crippen LogP contribution in [0, 0.1) is 0 Å². The van der Waals surface area contributed by atoms with E-state index in [2.05, 4.69) is 20.2 Å². The quantitative estimate of drug-likeness (QED) is 0.351. The number of rotatable bonds is 7. The third-order valence-electron chi connectivity index (χ3n) is 6.12. The smallest absolute Gasteiger partial charge is 0.382 e. The van der Waals surface area contributed by atoms with E-state index in [1.165, 1.54) is 41.5 Å². The van der Waals surface area contributed by atoms with Crippen molar-refractivity contribution in [3.8, 4) is 17.1 Å². The average molecular weight is 579 g/mol. The Morgan fingerprint density at radius 3 is 2.52 bits per heavy atom. The highest BCUT2D eigenvalue weighted by molar-refractivity contribution is 6.30. The number of halogens is 4. The van der Waals surface area contributed by atoms with Gasteiger partial charge in [-0.25, -0.2) is 24.1 Å². The van der Waals surface area contributed by atoms with Gasteiger partial charge in [-0.3, -0.25) is 9.36 Å². The second-order valence-corrected chi connectivity index (χ2v) is 9.26. The molecule has 12 nitrogen and oxygen atoms in total. The number of aliphatic hydroxyl groups is 1. The van der Waals surface area contributed by atoms with Crippen molar-refractivity contribution >= 4 is 17.5 Å². The maximum Gasteiger partial charge on any atom is 0.416 e. The number of aromatic nitrogens is 7. The van der Waals surface area contributed by atoms with Gasteiger partial charge in [-0.05, 0) is 36.4 Å². The number of hydrogen-bond donors (Lipinski definition) is 1. The van der Waals surface area contributed by atoms with Crippen molar-refractivity contribution in [2.75, 3.05) is 26.3 Å². The normalized spacial score (nSPS) is 14.9. The Morgan fingerprint density at radius 2 is 1.82 bits per heavy atom. The summed E-state index contributed by atoms with van der Waals surface area (Å²) >= 11 is 5.92. The summed E-state index contributed by atoms with van der Waals surface area (Å²) in [6, 6.07) is 9.25. The molecule has 210 valence electrons. The number of hydrogen-bond acceptors (Lipinski definition) is 8. The first-order valence-electron chi connectivity index (χ1n) is 12.0. The molecule has 1 atom stereocenters. The summed E-state index contributed by atoms with van der Waals surface area (Å²) in [5.74, 6) is -0.309. The maximum atomic E-state index is 13.1. The fourth-order valence-electron chi connectivity index (χ4n) is 4.08. The summed E-state index contributed by atoms with van der Waals surface area (Å²) in [6.45, 7) is 0.311. The van der Waals surface area contributed by atoms with Crippen molar-refractivity contribution in [1.82, 2.24) is 39.0 Å². The first-order chi connectivity index (χ1) is 19.1. The van der Waals surface area contributed by atoms with Crippen LogP contribution in [-0.4, -0.2) is 88.6 Å². The van der Waals surface area contributed by atoms with E-state index in [-0.39, 0.29) is 29.8 Å². The molecule has 3 aromatic heterocycles. The van der Waals surface area contributed by atoms with E-state index in [9.17, 15) is 27.9 Å². The van der Waals surface area contributed by atoms with Crippen LogP contribution in [0.25, 0.3) is 17.1 Å². The largest absolute Gasteiger partial charge is 0.416 e. The van der Waals surface area contributed by atoms with Gasteiger partial charge in [-0.1, -0.05) is 11.6 Å². The van der Waals surface area contributed by atoms with E-state index in [1.54, 1.807) is 17.0 Å². The van der Waals surface area contributed by atoms with Crippen molar-refractivity contribution in [3.63, 3.8) is 0 Å². The molecule has 1 aliphatic heterocycles. The molecule has 0 aliphatic carbocycles. The van der Waals surface area contributed by atoms with Gasteiger partial charge < -0.3 is 14.7 Å². The lowest BCUT2D eigenvalue weighted by molar-refractivity contribution is -0.207. The van der Waals surface area contributed by atoms with Gasteiger partial charge in [0.15, 0.2) is 23.4 Å². The molecule has 0 bridgehead atoms. The number of morpholine rings is 1. The van der Waals surface area contributed by atoms with Crippen molar-refractivity contribution in [2.24, 2.45) is 0 Å². The average Bonchev–Trinajstić information content (AvgIpc) is 3.53. The molecule has 1 aliphatic rings. The lowest BCUT2D eigenvalue weighted by Crippen LogP contribution is -2.41. The Labute approximate surface area is 229 Å². The number of pyridine rings is 1. The zero-order chi connectivity index (χ0) is 28.4. The lowest BCUT2D eigenvalue weighted by Gasteiger charge is -2.26. The molecule has 1 unspecified atom stereocenters. The number of ether oxygens (including phenoxy) is 1. The number of benzene rings is 1. The van der Waals surface area contributed by atoms with E-state index in [0.29, 0.717) is 42.6 Å². The first kappa shape index (κ1) is 27.5. The van der Waals surface area contributed by atoms with Gasteiger partial charge in [0.05, 0.1) is 25.4 Å². The Morgan fingerprint density at radius 1 is 1.10 bits per heavy atom. The summed E-state index contributed by atoms with van der Waals surface area (Å²) in [5.41, 5.74) is -0.0943. The Hall–Kier alpha value is -4.08. The predicted octanol–water partition coefficient (Wildman–Crippen LogP) is 1.78. The number of nitrogens with zero attached hydrogens (tertiary/aromatic N) is 8. The zero-order valence-electron chi connectivity index (χ0n) is 20.7. The molecular formula is C24H22ClF3N8O4. The molecule has 5 rings (SSSR count). The summed E-state index contributed by atoms with van der Waals surface area (Å²) in [7, 11) is 0. The van der Waals surface area contributed by atoms with Crippen LogP contribution in [-0.2, 0) is 17.8 Å². The van der Waals surface area contributed by atoms with Crippen molar-refractivity contribution in [2.45, 2.75) is 25.4 Å². The van der Waals surface area contributed by atoms with Gasteiger partial charge in [-0.2, -0.15) is 13.2 Å². The van der Waals surface area contributed by atoms with Crippen LogP contribution in [0.15, 0.2) is 53.7 Å². The van der Waals surface area contributed by atoms with Crippen LogP contribution in [0.1, 0.15) is 16.3 Å². The Kier molecular flexibility index (Phi) is 7.69. The fourth-order valence-corrected chi connectivity index (χ4v) is 4.21. The Bertz CT molecular complexity index is 1560. The lowest BCUT2D eigenvalue weighted by atomic mass is 10.2. The molecule has 1 amide bonds. The van der Waals surface area contributed by atoms with E-state index in [1.807, 2.05) is 0 Å². The van der Waals surface area contributed by atoms with Crippen molar-refractivity contribution < 1.29 is 27.8 Å². The second-order valence-electron chi connectivity index (χ2n) is 8.82. The van der Waals surface area contributed by atoms with Crippen LogP contribution in [0.5, 0.6) is 0 Å². The molecule has 1 saturated heterocycles. The molecule has 4 aromatic rings. The van der Waals surface area contributed by atoms with E-state index in [4.69, 9.17) is 16.3 Å². The minimum atomic E-state index is -4.95. The molecule has 1 aromatic carbocycles. The number of carbonyl (C=O) groups is 1. The summed E-state index contributed by atoms with van der Waals surface area (Å²) in [4.78, 5) is 36.2. The highest BCUT2D eigenvalue weighted by Gasteiger charge is 2.39. The van der Waals surface area contributed by atoms with Gasteiger partial charge in [0, 0.05) is 29.9 Å². The molecule has 4 heterocycles. The first-order valence-corrected chi connectivity index (χ1v) is 12.4. The summed E-state index contributed by atoms with van der Waals surface area (Å²) < 4.78 is 47.6. The SMILES string of the molecule is O=C(c1ncccc1-n1cnc(Cn2nc(-c3ccc(Cl)cc3)n(CC(O)C(F)(F)F)c2=O)n1)N1CCOCC1. The van der Waals surface area contributed by atoms with E-state index in [0.717, 1.165) is 9.25 Å². The fraction of sp³-hybridized carbons (Fsp3) is 0.333. The van der Waals surface area contributed by atoms with Crippen LogP contribution in [0.4, 0.5) is 13.2 Å². The minimum Gasteiger partial charge on any atom is -0.382 e. The topological polar surface area (TPSA) is 133 Å². The molecule has 0 spiro atoms. The van der Waals surface area contributed by atoms with Gasteiger partial charge in [-0.15, -0.1) is 10.2 Å². The standard InChI is InChI=1S/C24H22ClF3N8O4/c25-16-5-3-15(4-6-16)21-32-35(23(39)34(21)12-18(37)24(26,27)28)13-19-30-14-36(31-19)17-2-1-7-29-20(17)22(38)33-8-10-40-11-9-33/h1-7,14,18,37H,8-13H2. The van der Waals surface area contributed by atoms with Gasteiger partial charge in [0.2, 0.25) is 0 Å². The second kappa shape index (κ2) is 11.2. The van der Waals surface area contributed by atoms with Gasteiger partial charge >= 0.3 is 11.9 Å². The van der Waals surface area contributed by atoms with Crippen LogP contribution in [0.3, 0.4) is 0 Å². The molecule has 0 radical (unpaired) electrons. The van der Waals surface area contributed by atoms with E-state index >= 15 is 0 Å². The minimum absolute atomic E-state index is 0.0967. The maximum absolute atomic E-state index is 13.1. The number of carbonyl (C=O) groups excluding carboxylic acids is 1. The highest BCUT2D eigenvalue weighted by Crippen LogP contribution is 2.24. The monoisotopic (exact) mass is 578 g/mol. The molecule has 1 N–H and O–H groups in total. The third-order valence-corrected chi connectivity index (χ3v) is 6.38. The number of aliphatic hydroxyl groups excluding tert-OH is 1. The molecule has 1 fully saturated rings. The van der Waals surface area contributed by atoms with Crippen LogP contribution >= 0.6 is 11.6 Å². The molecular weight excluding hydrogens is 557 g/mol. The third kappa shape index (κ3) is 5.76.